The zero-order valence-corrected chi connectivity index (χ0v) is 12.9. The van der Waals surface area contributed by atoms with Gasteiger partial charge in [0.2, 0.25) is 0 Å². The molecule has 0 saturated carbocycles. The van der Waals surface area contributed by atoms with E-state index < -0.39 is 0 Å². The third kappa shape index (κ3) is 3.69. The van der Waals surface area contributed by atoms with Crippen LogP contribution in [0.4, 0.5) is 0 Å². The minimum Gasteiger partial charge on any atom is -0.496 e. The van der Waals surface area contributed by atoms with Crippen LogP contribution < -0.4 is 4.74 Å². The van der Waals surface area contributed by atoms with Crippen molar-refractivity contribution in [3.8, 4) is 5.75 Å². The highest BCUT2D eigenvalue weighted by Gasteiger charge is 2.26. The Labute approximate surface area is 122 Å². The van der Waals surface area contributed by atoms with E-state index in [0.29, 0.717) is 12.6 Å². The van der Waals surface area contributed by atoms with Crippen molar-refractivity contribution in [2.75, 3.05) is 26.9 Å². The number of nitrogens with zero attached hydrogens (tertiary/aromatic N) is 1. The summed E-state index contributed by atoms with van der Waals surface area (Å²) in [7, 11) is 1.69. The molecular formula is C14H20BrNO3. The molecule has 1 aromatic rings. The number of aliphatic hydroxyl groups excluding tert-OH is 1. The SMILES string of the molecule is COc1ccc(Br)cc1CN1CC(CO)OCC1C. The van der Waals surface area contributed by atoms with Gasteiger partial charge in [-0.3, -0.25) is 4.90 Å². The van der Waals surface area contributed by atoms with E-state index in [2.05, 4.69) is 33.8 Å². The fourth-order valence-electron chi connectivity index (χ4n) is 2.30. The first-order valence-corrected chi connectivity index (χ1v) is 7.22. The molecule has 1 aliphatic rings. The summed E-state index contributed by atoms with van der Waals surface area (Å²) in [6.45, 7) is 4.40. The van der Waals surface area contributed by atoms with Gasteiger partial charge in [-0.25, -0.2) is 0 Å². The second-order valence-corrected chi connectivity index (χ2v) is 5.79. The van der Waals surface area contributed by atoms with E-state index >= 15 is 0 Å². The monoisotopic (exact) mass is 329 g/mol. The molecule has 4 nitrogen and oxygen atoms in total. The highest BCUT2D eigenvalue weighted by atomic mass is 79.9. The van der Waals surface area contributed by atoms with Crippen LogP contribution in [-0.4, -0.2) is 49.0 Å². The minimum absolute atomic E-state index is 0.0683. The second-order valence-electron chi connectivity index (χ2n) is 4.87. The molecule has 19 heavy (non-hydrogen) atoms. The molecule has 0 spiro atoms. The van der Waals surface area contributed by atoms with Crippen molar-refractivity contribution in [2.24, 2.45) is 0 Å². The molecule has 1 fully saturated rings. The fourth-order valence-corrected chi connectivity index (χ4v) is 2.70. The van der Waals surface area contributed by atoms with Gasteiger partial charge in [-0.15, -0.1) is 0 Å². The zero-order chi connectivity index (χ0) is 13.8. The Bertz CT molecular complexity index is 427. The van der Waals surface area contributed by atoms with Crippen molar-refractivity contribution in [1.82, 2.24) is 4.90 Å². The summed E-state index contributed by atoms with van der Waals surface area (Å²) in [5.41, 5.74) is 1.14. The molecule has 0 aliphatic carbocycles. The summed E-state index contributed by atoms with van der Waals surface area (Å²) in [5, 5.41) is 9.22. The number of rotatable bonds is 4. The zero-order valence-electron chi connectivity index (χ0n) is 11.3. The minimum atomic E-state index is -0.0886. The summed E-state index contributed by atoms with van der Waals surface area (Å²) < 4.78 is 12.0. The molecule has 2 unspecified atom stereocenters. The molecule has 0 radical (unpaired) electrons. The second kappa shape index (κ2) is 6.70. The molecule has 2 rings (SSSR count). The summed E-state index contributed by atoms with van der Waals surface area (Å²) in [6.07, 6.45) is -0.0886. The summed E-state index contributed by atoms with van der Waals surface area (Å²) >= 11 is 3.49. The lowest BCUT2D eigenvalue weighted by molar-refractivity contribution is -0.0806. The van der Waals surface area contributed by atoms with Crippen molar-refractivity contribution in [3.63, 3.8) is 0 Å². The number of methoxy groups -OCH3 is 1. The molecule has 0 bridgehead atoms. The smallest absolute Gasteiger partial charge is 0.123 e. The van der Waals surface area contributed by atoms with E-state index in [9.17, 15) is 5.11 Å². The summed E-state index contributed by atoms with van der Waals surface area (Å²) in [5.74, 6) is 0.891. The maximum atomic E-state index is 9.22. The topological polar surface area (TPSA) is 41.9 Å². The lowest BCUT2D eigenvalue weighted by Gasteiger charge is -2.37. The maximum absolute atomic E-state index is 9.22. The Morgan fingerprint density at radius 3 is 3.00 bits per heavy atom. The predicted octanol–water partition coefficient (Wildman–Crippen LogP) is 2.04. The number of ether oxygens (including phenoxy) is 2. The molecule has 1 aliphatic heterocycles. The molecular weight excluding hydrogens is 310 g/mol. The Kier molecular flexibility index (Phi) is 5.21. The standard InChI is InChI=1S/C14H20BrNO3/c1-10-9-19-13(8-17)7-16(10)6-11-5-12(15)3-4-14(11)18-2/h3-5,10,13,17H,6-9H2,1-2H3. The summed E-state index contributed by atoms with van der Waals surface area (Å²) in [4.78, 5) is 2.31. The van der Waals surface area contributed by atoms with Gasteiger partial charge in [0.05, 0.1) is 26.4 Å². The van der Waals surface area contributed by atoms with Crippen LogP contribution >= 0.6 is 15.9 Å². The van der Waals surface area contributed by atoms with E-state index in [1.807, 2.05) is 12.1 Å². The number of morpholine rings is 1. The van der Waals surface area contributed by atoms with Gasteiger partial charge in [0.1, 0.15) is 5.75 Å². The van der Waals surface area contributed by atoms with Gasteiger partial charge in [-0.1, -0.05) is 15.9 Å². The number of benzene rings is 1. The molecule has 0 amide bonds. The molecule has 1 saturated heterocycles. The lowest BCUT2D eigenvalue weighted by Crippen LogP contribution is -2.48. The first kappa shape index (κ1) is 14.8. The van der Waals surface area contributed by atoms with Crippen molar-refractivity contribution in [2.45, 2.75) is 25.6 Å². The predicted molar refractivity (Wildman–Crippen MR) is 77.4 cm³/mol. The largest absolute Gasteiger partial charge is 0.496 e. The van der Waals surface area contributed by atoms with Crippen molar-refractivity contribution in [3.05, 3.63) is 28.2 Å². The van der Waals surface area contributed by atoms with Crippen molar-refractivity contribution < 1.29 is 14.6 Å². The van der Waals surface area contributed by atoms with Crippen LogP contribution in [0, 0.1) is 0 Å². The van der Waals surface area contributed by atoms with E-state index in [1.165, 1.54) is 0 Å². The van der Waals surface area contributed by atoms with Gasteiger partial charge in [0, 0.05) is 29.2 Å². The highest BCUT2D eigenvalue weighted by molar-refractivity contribution is 9.10. The molecule has 106 valence electrons. The average Bonchev–Trinajstić information content (AvgIpc) is 2.41. The van der Waals surface area contributed by atoms with Crippen LogP contribution in [0.25, 0.3) is 0 Å². The lowest BCUT2D eigenvalue weighted by atomic mass is 10.1. The van der Waals surface area contributed by atoms with Crippen LogP contribution in [0.3, 0.4) is 0 Å². The molecule has 0 aromatic heterocycles. The van der Waals surface area contributed by atoms with Gasteiger partial charge in [-0.2, -0.15) is 0 Å². The van der Waals surface area contributed by atoms with Gasteiger partial charge in [0.25, 0.3) is 0 Å². The third-order valence-corrected chi connectivity index (χ3v) is 3.95. The van der Waals surface area contributed by atoms with Crippen LogP contribution in [0.2, 0.25) is 0 Å². The van der Waals surface area contributed by atoms with Gasteiger partial charge in [-0.05, 0) is 25.1 Å². The van der Waals surface area contributed by atoms with E-state index in [4.69, 9.17) is 9.47 Å². The molecule has 2 atom stereocenters. The third-order valence-electron chi connectivity index (χ3n) is 3.45. The molecule has 1 heterocycles. The van der Waals surface area contributed by atoms with Crippen molar-refractivity contribution >= 4 is 15.9 Å². The van der Waals surface area contributed by atoms with E-state index in [-0.39, 0.29) is 12.7 Å². The first-order valence-electron chi connectivity index (χ1n) is 6.43. The highest BCUT2D eigenvalue weighted by Crippen LogP contribution is 2.26. The molecule has 1 N–H and O–H groups in total. The van der Waals surface area contributed by atoms with Crippen LogP contribution in [0.15, 0.2) is 22.7 Å². The number of halogens is 1. The van der Waals surface area contributed by atoms with Crippen molar-refractivity contribution in [1.29, 1.82) is 0 Å². The molecule has 1 aromatic carbocycles. The number of hydrogen-bond donors (Lipinski definition) is 1. The van der Waals surface area contributed by atoms with Crippen LogP contribution in [0.1, 0.15) is 12.5 Å². The fraction of sp³-hybridized carbons (Fsp3) is 0.571. The normalized spacial score (nSPS) is 24.4. The first-order chi connectivity index (χ1) is 9.13. The Morgan fingerprint density at radius 1 is 1.53 bits per heavy atom. The summed E-state index contributed by atoms with van der Waals surface area (Å²) in [6, 6.07) is 6.36. The van der Waals surface area contributed by atoms with E-state index in [0.717, 1.165) is 28.9 Å². The Balaban J connectivity index is 2.12. The van der Waals surface area contributed by atoms with Crippen LogP contribution in [0.5, 0.6) is 5.75 Å². The molecule has 5 heteroatoms. The van der Waals surface area contributed by atoms with Crippen LogP contribution in [-0.2, 0) is 11.3 Å². The van der Waals surface area contributed by atoms with Gasteiger partial charge < -0.3 is 14.6 Å². The van der Waals surface area contributed by atoms with Gasteiger partial charge >= 0.3 is 0 Å². The average molecular weight is 330 g/mol. The Morgan fingerprint density at radius 2 is 2.32 bits per heavy atom. The van der Waals surface area contributed by atoms with E-state index in [1.54, 1.807) is 7.11 Å². The maximum Gasteiger partial charge on any atom is 0.123 e. The quantitative estimate of drug-likeness (QED) is 0.917. The number of hydrogen-bond acceptors (Lipinski definition) is 4. The van der Waals surface area contributed by atoms with Gasteiger partial charge in [0.15, 0.2) is 0 Å². The number of aliphatic hydroxyl groups is 1. The Hall–Kier alpha value is -0.620.